The van der Waals surface area contributed by atoms with E-state index in [2.05, 4.69) is 100 Å². The average Bonchev–Trinajstić information content (AvgIpc) is 3.44. The number of ether oxygens (including phenoxy) is 2. The number of nitrogens with zero attached hydrogens (tertiary/aromatic N) is 1. The van der Waals surface area contributed by atoms with E-state index in [1.165, 1.54) is 80.2 Å². The van der Waals surface area contributed by atoms with Crippen LogP contribution in [0, 0.1) is 35.5 Å². The van der Waals surface area contributed by atoms with Crippen molar-refractivity contribution in [2.24, 2.45) is 34.3 Å². The molecule has 5 nitrogen and oxygen atoms in total. The fourth-order valence-corrected chi connectivity index (χ4v) is 10.4. The first-order chi connectivity index (χ1) is 24.0. The maximum atomic E-state index is 11.1. The zero-order valence-electron chi connectivity index (χ0n) is 31.9. The highest BCUT2D eigenvalue weighted by molar-refractivity contribution is 5.47. The Morgan fingerprint density at radius 1 is 0.900 bits per heavy atom. The third-order valence-electron chi connectivity index (χ3n) is 13.3. The molecule has 6 atom stereocenters. The monoisotopic (exact) mass is 683 g/mol. The van der Waals surface area contributed by atoms with Crippen LogP contribution in [0.2, 0.25) is 0 Å². The van der Waals surface area contributed by atoms with Gasteiger partial charge in [-0.25, -0.2) is 0 Å². The van der Waals surface area contributed by atoms with Crippen molar-refractivity contribution in [3.05, 3.63) is 89.1 Å². The number of aryl methyl sites for hydroxylation is 2. The van der Waals surface area contributed by atoms with Gasteiger partial charge in [0.25, 0.3) is 0 Å². The van der Waals surface area contributed by atoms with E-state index in [0.29, 0.717) is 23.7 Å². The Morgan fingerprint density at radius 3 is 2.20 bits per heavy atom. The summed E-state index contributed by atoms with van der Waals surface area (Å²) in [5.41, 5.74) is 13.9. The lowest BCUT2D eigenvalue weighted by atomic mass is 9.52. The first kappa shape index (κ1) is 37.2. The Kier molecular flexibility index (Phi) is 11.6. The van der Waals surface area contributed by atoms with Crippen LogP contribution in [-0.2, 0) is 15.9 Å². The van der Waals surface area contributed by atoms with Crippen molar-refractivity contribution in [2.75, 3.05) is 31.2 Å². The van der Waals surface area contributed by atoms with E-state index in [4.69, 9.17) is 9.47 Å². The molecule has 5 heteroatoms. The summed E-state index contributed by atoms with van der Waals surface area (Å²) in [5.74, 6) is 1.95. The van der Waals surface area contributed by atoms with Crippen molar-refractivity contribution in [2.45, 2.75) is 129 Å². The van der Waals surface area contributed by atoms with Crippen LogP contribution in [0.15, 0.2) is 72.5 Å². The number of rotatable bonds is 3. The van der Waals surface area contributed by atoms with Gasteiger partial charge in [0, 0.05) is 43.0 Å². The van der Waals surface area contributed by atoms with Crippen LogP contribution in [-0.4, -0.2) is 43.3 Å². The fourth-order valence-electron chi connectivity index (χ4n) is 10.4. The van der Waals surface area contributed by atoms with Crippen molar-refractivity contribution >= 4 is 5.69 Å². The van der Waals surface area contributed by atoms with Crippen LogP contribution in [0.4, 0.5) is 5.69 Å². The van der Waals surface area contributed by atoms with E-state index in [1.807, 2.05) is 0 Å². The summed E-state index contributed by atoms with van der Waals surface area (Å²) in [6.45, 7) is 18.5. The standard InChI is InChI=1S/C31H44O3.C12H17N.C2H5N/c1-5-20-6-8-21(9-7-20)25-17-30(4)26(12-13-27(30)32)24-11-10-22-16-31(15-14-23(22)28(24)25)33-18-29(2,3)19-34-31;1-11-5-7-12(8-6-11)13-9-3-2-4-10-13;1-2-3/h6-9,22,24-27,32H,5,10-19H2,1-4H3;5-8H,2-4,9-10H2,1H3;2H,1,3H2. The van der Waals surface area contributed by atoms with Crippen molar-refractivity contribution in [3.8, 4) is 0 Å². The van der Waals surface area contributed by atoms with Crippen LogP contribution in [0.25, 0.3) is 0 Å². The smallest absolute Gasteiger partial charge is 0.169 e. The normalized spacial score (nSPS) is 32.4. The van der Waals surface area contributed by atoms with E-state index >= 15 is 0 Å². The van der Waals surface area contributed by atoms with Gasteiger partial charge in [0.1, 0.15) is 0 Å². The molecule has 0 bridgehead atoms. The maximum Gasteiger partial charge on any atom is 0.169 e. The molecule has 5 fully saturated rings. The summed E-state index contributed by atoms with van der Waals surface area (Å²) >= 11 is 0. The van der Waals surface area contributed by atoms with E-state index in [9.17, 15) is 5.11 Å². The van der Waals surface area contributed by atoms with E-state index in [1.54, 1.807) is 11.1 Å². The predicted octanol–water partition coefficient (Wildman–Crippen LogP) is 9.86. The molecule has 2 aromatic rings. The molecule has 0 aromatic heterocycles. The molecular weight excluding hydrogens is 617 g/mol. The Hall–Kier alpha value is -2.60. The van der Waals surface area contributed by atoms with Crippen LogP contribution >= 0.6 is 0 Å². The number of anilines is 1. The first-order valence-corrected chi connectivity index (χ1v) is 19.9. The van der Waals surface area contributed by atoms with Crippen LogP contribution < -0.4 is 10.6 Å². The zero-order valence-corrected chi connectivity index (χ0v) is 31.9. The molecule has 0 amide bonds. The van der Waals surface area contributed by atoms with Gasteiger partial charge >= 0.3 is 0 Å². The van der Waals surface area contributed by atoms with Gasteiger partial charge in [-0.3, -0.25) is 0 Å². The van der Waals surface area contributed by atoms with Crippen LogP contribution in [0.3, 0.4) is 0 Å². The van der Waals surface area contributed by atoms with E-state index in [0.717, 1.165) is 51.7 Å². The molecule has 50 heavy (non-hydrogen) atoms. The van der Waals surface area contributed by atoms with Crippen molar-refractivity contribution in [1.29, 1.82) is 0 Å². The summed E-state index contributed by atoms with van der Waals surface area (Å²) in [6.07, 6.45) is 15.2. The zero-order chi connectivity index (χ0) is 35.5. The number of fused-ring (bicyclic) bond motifs is 4. The second kappa shape index (κ2) is 15.6. The van der Waals surface area contributed by atoms with Gasteiger partial charge in [-0.2, -0.15) is 0 Å². The summed E-state index contributed by atoms with van der Waals surface area (Å²) < 4.78 is 12.9. The molecule has 6 aliphatic rings. The molecule has 4 aliphatic carbocycles. The lowest BCUT2D eigenvalue weighted by Gasteiger charge is -2.55. The quantitative estimate of drug-likeness (QED) is 0.316. The molecule has 274 valence electrons. The molecule has 1 spiro atoms. The third kappa shape index (κ3) is 7.76. The predicted molar refractivity (Wildman–Crippen MR) is 207 cm³/mol. The fraction of sp³-hybridized carbons (Fsp3) is 0.644. The number of aliphatic hydroxyl groups is 1. The van der Waals surface area contributed by atoms with Gasteiger partial charge < -0.3 is 25.2 Å². The van der Waals surface area contributed by atoms with E-state index < -0.39 is 0 Å². The van der Waals surface area contributed by atoms with Crippen LogP contribution in [0.5, 0.6) is 0 Å². The molecule has 0 radical (unpaired) electrons. The summed E-state index contributed by atoms with van der Waals surface area (Å²) in [5, 5.41) is 11.1. The largest absolute Gasteiger partial charge is 0.405 e. The van der Waals surface area contributed by atoms with Gasteiger partial charge in [-0.15, -0.1) is 0 Å². The van der Waals surface area contributed by atoms with Gasteiger partial charge in [-0.1, -0.05) is 87.4 Å². The lowest BCUT2D eigenvalue weighted by molar-refractivity contribution is -0.312. The summed E-state index contributed by atoms with van der Waals surface area (Å²) in [6, 6.07) is 18.3. The molecule has 2 saturated heterocycles. The van der Waals surface area contributed by atoms with E-state index in [-0.39, 0.29) is 22.7 Å². The van der Waals surface area contributed by atoms with Gasteiger partial charge in [0.2, 0.25) is 0 Å². The highest BCUT2D eigenvalue weighted by Gasteiger charge is 2.57. The number of hydrogen-bond acceptors (Lipinski definition) is 5. The topological polar surface area (TPSA) is 68.0 Å². The Balaban J connectivity index is 0.000000225. The average molecular weight is 683 g/mol. The first-order valence-electron chi connectivity index (χ1n) is 19.9. The highest BCUT2D eigenvalue weighted by atomic mass is 16.7. The van der Waals surface area contributed by atoms with Gasteiger partial charge in [0.15, 0.2) is 5.79 Å². The molecule has 2 heterocycles. The number of hydrogen-bond donors (Lipinski definition) is 2. The number of aliphatic hydroxyl groups excluding tert-OH is 1. The highest BCUT2D eigenvalue weighted by Crippen LogP contribution is 2.65. The van der Waals surface area contributed by atoms with Crippen molar-refractivity contribution in [1.82, 2.24) is 0 Å². The summed E-state index contributed by atoms with van der Waals surface area (Å²) in [4.78, 5) is 2.49. The number of allylic oxidation sites excluding steroid dienone is 2. The Bertz CT molecular complexity index is 1450. The minimum absolute atomic E-state index is 0.0483. The molecule has 2 aromatic carbocycles. The second-order valence-electron chi connectivity index (χ2n) is 17.4. The van der Waals surface area contributed by atoms with Crippen LogP contribution in [0.1, 0.15) is 121 Å². The molecule has 3 saturated carbocycles. The number of piperidine rings is 1. The Labute approximate surface area is 303 Å². The minimum atomic E-state index is -0.359. The second-order valence-corrected chi connectivity index (χ2v) is 17.4. The SMILES string of the molecule is C=CN.CCc1ccc(C2CC3(C)C(O)CCC3C3CCC4CC5(CCC4=C23)OCC(C)(C)CO5)cc1.Cc1ccc(N2CCCCC2)cc1. The Morgan fingerprint density at radius 2 is 1.56 bits per heavy atom. The molecular formula is C45H66N2O3. The number of nitrogens with two attached hydrogens (primary N) is 1. The minimum Gasteiger partial charge on any atom is -0.405 e. The molecule has 6 unspecified atom stereocenters. The lowest BCUT2D eigenvalue weighted by Crippen LogP contribution is -2.52. The van der Waals surface area contributed by atoms with Gasteiger partial charge in [0.05, 0.1) is 19.3 Å². The van der Waals surface area contributed by atoms with Crippen molar-refractivity contribution < 1.29 is 14.6 Å². The molecule has 3 N–H and O–H groups in total. The van der Waals surface area contributed by atoms with Gasteiger partial charge in [-0.05, 0) is 124 Å². The molecule has 2 aliphatic heterocycles. The summed E-state index contributed by atoms with van der Waals surface area (Å²) in [7, 11) is 0. The van der Waals surface area contributed by atoms with Crippen molar-refractivity contribution in [3.63, 3.8) is 0 Å². The maximum absolute atomic E-state index is 11.1. The number of benzene rings is 2. The third-order valence-corrected chi connectivity index (χ3v) is 13.3. The molecule has 8 rings (SSSR count).